The van der Waals surface area contributed by atoms with Gasteiger partial charge >= 0.3 is 0 Å². The molecule has 0 aliphatic heterocycles. The predicted molar refractivity (Wildman–Crippen MR) is 79.1 cm³/mol. The molecule has 2 aromatic rings. The third kappa shape index (κ3) is 3.17. The first-order valence-electron chi connectivity index (χ1n) is 5.91. The molecule has 0 aliphatic carbocycles. The van der Waals surface area contributed by atoms with Crippen molar-refractivity contribution in [2.75, 3.05) is 0 Å². The summed E-state index contributed by atoms with van der Waals surface area (Å²) in [5.74, 6) is 0. The number of aryl methyl sites for hydroxylation is 3. The summed E-state index contributed by atoms with van der Waals surface area (Å²) in [5.41, 5.74) is 5.22. The molecular weight excluding hydrogens is 280 g/mol. The second-order valence-corrected chi connectivity index (χ2v) is 7.36. The fourth-order valence-corrected chi connectivity index (χ4v) is 2.97. The zero-order valence-corrected chi connectivity index (χ0v) is 12.6. The number of halogens is 1. The van der Waals surface area contributed by atoms with E-state index in [0.717, 1.165) is 27.8 Å². The van der Waals surface area contributed by atoms with E-state index in [1.54, 1.807) is 12.1 Å². The summed E-state index contributed by atoms with van der Waals surface area (Å²) in [6, 6.07) is 11.1. The molecule has 0 saturated carbocycles. The van der Waals surface area contributed by atoms with Crippen LogP contribution in [0.4, 0.5) is 0 Å². The van der Waals surface area contributed by atoms with Crippen molar-refractivity contribution in [3.63, 3.8) is 0 Å². The van der Waals surface area contributed by atoms with Gasteiger partial charge in [0.2, 0.25) is 0 Å². The van der Waals surface area contributed by atoms with Crippen LogP contribution < -0.4 is 0 Å². The van der Waals surface area contributed by atoms with Gasteiger partial charge in [0.25, 0.3) is 9.05 Å². The maximum atomic E-state index is 11.4. The minimum absolute atomic E-state index is 0.133. The van der Waals surface area contributed by atoms with Gasteiger partial charge in [-0.2, -0.15) is 0 Å². The fourth-order valence-electron chi connectivity index (χ4n) is 2.19. The van der Waals surface area contributed by atoms with Gasteiger partial charge in [-0.25, -0.2) is 8.42 Å². The molecule has 19 heavy (non-hydrogen) atoms. The third-order valence-corrected chi connectivity index (χ3v) is 4.37. The lowest BCUT2D eigenvalue weighted by atomic mass is 9.97. The second-order valence-electron chi connectivity index (χ2n) is 4.79. The number of hydrogen-bond donors (Lipinski definition) is 0. The zero-order chi connectivity index (χ0) is 14.2. The van der Waals surface area contributed by atoms with E-state index in [9.17, 15) is 8.42 Å². The topological polar surface area (TPSA) is 34.1 Å². The largest absolute Gasteiger partial charge is 0.261 e. The van der Waals surface area contributed by atoms with Gasteiger partial charge in [-0.15, -0.1) is 0 Å². The van der Waals surface area contributed by atoms with Gasteiger partial charge in [-0.05, 0) is 49.6 Å². The Morgan fingerprint density at radius 3 is 2.00 bits per heavy atom. The molecule has 2 rings (SSSR count). The van der Waals surface area contributed by atoms with Gasteiger partial charge in [0.05, 0.1) is 4.90 Å². The molecular formula is C15H15ClO2S. The number of rotatable bonds is 2. The van der Waals surface area contributed by atoms with Gasteiger partial charge in [0.1, 0.15) is 0 Å². The molecule has 4 heteroatoms. The average molecular weight is 295 g/mol. The molecule has 0 fully saturated rings. The molecule has 0 bridgehead atoms. The maximum Gasteiger partial charge on any atom is 0.261 e. The van der Waals surface area contributed by atoms with Crippen LogP contribution in [0.5, 0.6) is 0 Å². The van der Waals surface area contributed by atoms with Crippen molar-refractivity contribution in [2.24, 2.45) is 0 Å². The Morgan fingerprint density at radius 1 is 0.895 bits per heavy atom. The first-order chi connectivity index (χ1) is 8.77. The van der Waals surface area contributed by atoms with E-state index in [-0.39, 0.29) is 4.90 Å². The molecule has 0 heterocycles. The van der Waals surface area contributed by atoms with Crippen molar-refractivity contribution in [1.82, 2.24) is 0 Å². The summed E-state index contributed by atoms with van der Waals surface area (Å²) in [7, 11) is 1.71. The summed E-state index contributed by atoms with van der Waals surface area (Å²) < 4.78 is 22.9. The lowest BCUT2D eigenvalue weighted by molar-refractivity contribution is 0.609. The van der Waals surface area contributed by atoms with Gasteiger partial charge in [-0.1, -0.05) is 35.4 Å². The molecule has 2 nitrogen and oxygen atoms in total. The lowest BCUT2D eigenvalue weighted by Gasteiger charge is -2.10. The minimum atomic E-state index is -3.70. The highest BCUT2D eigenvalue weighted by atomic mass is 35.7. The lowest BCUT2D eigenvalue weighted by Crippen LogP contribution is -1.93. The summed E-state index contributed by atoms with van der Waals surface area (Å²) in [4.78, 5) is 0.133. The molecule has 100 valence electrons. The fraction of sp³-hybridized carbons (Fsp3) is 0.200. The van der Waals surface area contributed by atoms with Crippen molar-refractivity contribution in [1.29, 1.82) is 0 Å². The highest BCUT2D eigenvalue weighted by Crippen LogP contribution is 2.29. The van der Waals surface area contributed by atoms with Crippen molar-refractivity contribution in [3.05, 3.63) is 53.1 Å². The van der Waals surface area contributed by atoms with Crippen LogP contribution in [0.25, 0.3) is 11.1 Å². The Hall–Kier alpha value is -1.32. The van der Waals surface area contributed by atoms with Crippen LogP contribution in [0, 0.1) is 20.8 Å². The van der Waals surface area contributed by atoms with Crippen LogP contribution in [0.3, 0.4) is 0 Å². The molecule has 0 aromatic heterocycles. The van der Waals surface area contributed by atoms with Crippen LogP contribution in [0.15, 0.2) is 41.3 Å². The highest BCUT2D eigenvalue weighted by Gasteiger charge is 2.13. The van der Waals surface area contributed by atoms with E-state index in [1.165, 1.54) is 6.07 Å². The Labute approximate surface area is 118 Å². The SMILES string of the molecule is Cc1cc(C)cc(-c2cc(S(=O)(=O)Cl)ccc2C)c1. The van der Waals surface area contributed by atoms with Gasteiger partial charge in [0, 0.05) is 10.7 Å². The van der Waals surface area contributed by atoms with Crippen molar-refractivity contribution in [3.8, 4) is 11.1 Å². The minimum Gasteiger partial charge on any atom is -0.207 e. The Bertz CT molecular complexity index is 714. The predicted octanol–water partition coefficient (Wildman–Crippen LogP) is 4.21. The molecule has 2 aromatic carbocycles. The smallest absolute Gasteiger partial charge is 0.207 e. The van der Waals surface area contributed by atoms with Crippen LogP contribution in [0.2, 0.25) is 0 Å². The van der Waals surface area contributed by atoms with Crippen LogP contribution >= 0.6 is 10.7 Å². The Morgan fingerprint density at radius 2 is 1.47 bits per heavy atom. The molecule has 0 aliphatic rings. The van der Waals surface area contributed by atoms with E-state index in [4.69, 9.17) is 10.7 Å². The van der Waals surface area contributed by atoms with Crippen LogP contribution in [0.1, 0.15) is 16.7 Å². The Balaban J connectivity index is 2.68. The first-order valence-corrected chi connectivity index (χ1v) is 8.22. The van der Waals surface area contributed by atoms with E-state index in [0.29, 0.717) is 0 Å². The van der Waals surface area contributed by atoms with E-state index < -0.39 is 9.05 Å². The first kappa shape index (κ1) is 14.1. The molecule has 0 saturated heterocycles. The quantitative estimate of drug-likeness (QED) is 0.778. The average Bonchev–Trinajstić information content (AvgIpc) is 2.26. The molecule has 0 amide bonds. The molecule has 0 spiro atoms. The third-order valence-electron chi connectivity index (χ3n) is 3.02. The van der Waals surface area contributed by atoms with E-state index >= 15 is 0 Å². The van der Waals surface area contributed by atoms with Crippen molar-refractivity contribution in [2.45, 2.75) is 25.7 Å². The Kier molecular flexibility index (Phi) is 3.70. The van der Waals surface area contributed by atoms with Crippen molar-refractivity contribution >= 4 is 19.7 Å². The maximum absolute atomic E-state index is 11.4. The summed E-state index contributed by atoms with van der Waals surface area (Å²) in [5, 5.41) is 0. The summed E-state index contributed by atoms with van der Waals surface area (Å²) >= 11 is 0. The standard InChI is InChI=1S/C15H15ClO2S/c1-10-6-11(2)8-13(7-10)15-9-14(19(16,17)18)5-4-12(15)3/h4-9H,1-3H3. The van der Waals surface area contributed by atoms with Gasteiger partial charge in [0.15, 0.2) is 0 Å². The number of benzene rings is 2. The highest BCUT2D eigenvalue weighted by molar-refractivity contribution is 8.13. The van der Waals surface area contributed by atoms with Gasteiger partial charge in [-0.3, -0.25) is 0 Å². The molecule has 0 N–H and O–H groups in total. The van der Waals surface area contributed by atoms with Gasteiger partial charge < -0.3 is 0 Å². The summed E-state index contributed by atoms with van der Waals surface area (Å²) in [6.45, 7) is 6.00. The van der Waals surface area contributed by atoms with E-state index in [2.05, 4.69) is 6.07 Å². The van der Waals surface area contributed by atoms with Crippen LogP contribution in [-0.2, 0) is 9.05 Å². The monoisotopic (exact) mass is 294 g/mol. The second kappa shape index (κ2) is 4.99. The van der Waals surface area contributed by atoms with Crippen LogP contribution in [-0.4, -0.2) is 8.42 Å². The molecule has 0 radical (unpaired) electrons. The zero-order valence-electron chi connectivity index (χ0n) is 11.1. The normalized spacial score (nSPS) is 11.6. The molecule has 0 atom stereocenters. The number of hydrogen-bond acceptors (Lipinski definition) is 2. The molecule has 0 unspecified atom stereocenters. The van der Waals surface area contributed by atoms with E-state index in [1.807, 2.05) is 32.9 Å². The van der Waals surface area contributed by atoms with Crippen molar-refractivity contribution < 1.29 is 8.42 Å². The summed E-state index contributed by atoms with van der Waals surface area (Å²) in [6.07, 6.45) is 0.